The van der Waals surface area contributed by atoms with Crippen LogP contribution in [0.1, 0.15) is 33.6 Å². The van der Waals surface area contributed by atoms with Crippen molar-refractivity contribution in [3.63, 3.8) is 0 Å². The second-order valence-corrected chi connectivity index (χ2v) is 11.7. The Hall–Kier alpha value is -4.68. The highest BCUT2D eigenvalue weighted by molar-refractivity contribution is 7.80. The van der Waals surface area contributed by atoms with Gasteiger partial charge in [-0.15, -0.1) is 0 Å². The number of imide groups is 1. The first-order valence-electron chi connectivity index (χ1n) is 14.1. The first kappa shape index (κ1) is 32.7. The zero-order valence-electron chi connectivity index (χ0n) is 24.2. The number of thiocarbonyl (C=S) groups is 2. The van der Waals surface area contributed by atoms with E-state index in [0.717, 1.165) is 22.5 Å². The zero-order chi connectivity index (χ0) is 32.5. The number of hydrogen-bond donors (Lipinski definition) is 4. The Morgan fingerprint density at radius 1 is 0.717 bits per heavy atom. The Kier molecular flexibility index (Phi) is 11.1. The van der Waals surface area contributed by atoms with Crippen LogP contribution in [0.15, 0.2) is 107 Å². The molecule has 13 heteroatoms. The summed E-state index contributed by atoms with van der Waals surface area (Å²) < 4.78 is 0. The van der Waals surface area contributed by atoms with Gasteiger partial charge in [-0.3, -0.25) is 25.3 Å². The lowest BCUT2D eigenvalue weighted by Gasteiger charge is -2.13. The molecule has 0 saturated heterocycles. The molecule has 0 saturated carbocycles. The molecule has 0 aromatic heterocycles. The van der Waals surface area contributed by atoms with Crippen molar-refractivity contribution >= 4 is 93.0 Å². The molecule has 0 atom stereocenters. The summed E-state index contributed by atoms with van der Waals surface area (Å²) >= 11 is 22.6. The van der Waals surface area contributed by atoms with Crippen LogP contribution in [0.5, 0.6) is 0 Å². The zero-order valence-corrected chi connectivity index (χ0v) is 27.3. The number of fused-ring (bicyclic) bond motifs is 1. The molecule has 4 aromatic carbocycles. The summed E-state index contributed by atoms with van der Waals surface area (Å²) in [5.41, 5.74) is 10.2. The maximum Gasteiger partial charge on any atom is 0.261 e. The van der Waals surface area contributed by atoms with E-state index in [-0.39, 0.29) is 28.6 Å². The van der Waals surface area contributed by atoms with Crippen LogP contribution in [0.3, 0.4) is 0 Å². The quantitative estimate of drug-likeness (QED) is 0.0593. The lowest BCUT2D eigenvalue weighted by molar-refractivity contribution is 0.0653. The fourth-order valence-corrected chi connectivity index (χ4v) is 5.13. The highest BCUT2D eigenvalue weighted by atomic mass is 35.5. The largest absolute Gasteiger partial charge is 0.331 e. The van der Waals surface area contributed by atoms with Crippen molar-refractivity contribution in [1.82, 2.24) is 15.8 Å². The van der Waals surface area contributed by atoms with E-state index >= 15 is 0 Å². The van der Waals surface area contributed by atoms with Gasteiger partial charge in [0.25, 0.3) is 11.8 Å². The molecule has 0 bridgehead atoms. The lowest BCUT2D eigenvalue weighted by Crippen LogP contribution is -2.31. The van der Waals surface area contributed by atoms with Crippen LogP contribution in [0.2, 0.25) is 10.0 Å². The third-order valence-electron chi connectivity index (χ3n) is 6.78. The van der Waals surface area contributed by atoms with E-state index in [0.29, 0.717) is 39.7 Å². The lowest BCUT2D eigenvalue weighted by atomic mass is 10.0. The van der Waals surface area contributed by atoms with Crippen molar-refractivity contribution in [2.24, 2.45) is 10.2 Å². The van der Waals surface area contributed by atoms with Crippen LogP contribution in [0, 0.1) is 0 Å². The minimum absolute atomic E-state index is 0.192. The molecule has 0 unspecified atom stereocenters. The second kappa shape index (κ2) is 15.5. The van der Waals surface area contributed by atoms with Gasteiger partial charge in [-0.1, -0.05) is 59.6 Å². The molecule has 0 spiro atoms. The number of halogens is 2. The SMILES string of the molecule is O=C1c2ccc(-c3ccccc3)cc2C(=O)N1CCCC(/C=N/NC(=S)Nc1ccc(Cl)cc1)=N\NC(=S)Nc1ccc(Cl)cc1. The number of nitrogens with one attached hydrogen (secondary N) is 4. The number of carbonyl (C=O) groups is 2. The highest BCUT2D eigenvalue weighted by Crippen LogP contribution is 2.29. The molecular formula is C33H27Cl2N7O2S2. The van der Waals surface area contributed by atoms with Gasteiger partial charge in [0.05, 0.1) is 23.1 Å². The predicted molar refractivity (Wildman–Crippen MR) is 194 cm³/mol. The van der Waals surface area contributed by atoms with E-state index in [9.17, 15) is 9.59 Å². The molecule has 2 amide bonds. The summed E-state index contributed by atoms with van der Waals surface area (Å²) in [4.78, 5) is 27.6. The maximum atomic E-state index is 13.3. The smallest absolute Gasteiger partial charge is 0.261 e. The molecule has 46 heavy (non-hydrogen) atoms. The highest BCUT2D eigenvalue weighted by Gasteiger charge is 2.35. The molecular weight excluding hydrogens is 661 g/mol. The number of anilines is 2. The van der Waals surface area contributed by atoms with Crippen molar-refractivity contribution in [3.8, 4) is 11.1 Å². The van der Waals surface area contributed by atoms with Gasteiger partial charge < -0.3 is 10.6 Å². The minimum Gasteiger partial charge on any atom is -0.331 e. The van der Waals surface area contributed by atoms with Crippen LogP contribution in [-0.4, -0.2) is 45.4 Å². The van der Waals surface area contributed by atoms with E-state index in [1.165, 1.54) is 11.1 Å². The first-order chi connectivity index (χ1) is 22.3. The third kappa shape index (κ3) is 8.73. The molecule has 0 aliphatic carbocycles. The number of benzene rings is 4. The fourth-order valence-electron chi connectivity index (χ4n) is 4.54. The first-order valence-corrected chi connectivity index (χ1v) is 15.6. The average Bonchev–Trinajstić information content (AvgIpc) is 3.30. The average molecular weight is 689 g/mol. The van der Waals surface area contributed by atoms with E-state index in [1.54, 1.807) is 60.7 Å². The Bertz CT molecular complexity index is 1820. The molecule has 1 aliphatic heterocycles. The summed E-state index contributed by atoms with van der Waals surface area (Å²) in [7, 11) is 0. The number of amides is 2. The Morgan fingerprint density at radius 2 is 1.30 bits per heavy atom. The van der Waals surface area contributed by atoms with Crippen LogP contribution < -0.4 is 21.5 Å². The molecule has 232 valence electrons. The fraction of sp³-hybridized carbons (Fsp3) is 0.0909. The number of nitrogens with zero attached hydrogens (tertiary/aromatic N) is 3. The van der Waals surface area contributed by atoms with Crippen molar-refractivity contribution in [3.05, 3.63) is 118 Å². The van der Waals surface area contributed by atoms with Crippen LogP contribution in [-0.2, 0) is 0 Å². The molecule has 1 aliphatic rings. The van der Waals surface area contributed by atoms with Crippen LogP contribution in [0.25, 0.3) is 11.1 Å². The van der Waals surface area contributed by atoms with E-state index in [4.69, 9.17) is 47.6 Å². The summed E-state index contributed by atoms with van der Waals surface area (Å²) in [6.07, 6.45) is 2.28. The van der Waals surface area contributed by atoms with E-state index in [1.807, 2.05) is 36.4 Å². The Labute approximate surface area is 286 Å². The Morgan fingerprint density at radius 3 is 1.93 bits per heavy atom. The number of rotatable bonds is 10. The number of hydrazone groups is 2. The summed E-state index contributed by atoms with van der Waals surface area (Å²) in [5.74, 6) is -0.643. The normalized spacial score (nSPS) is 12.7. The topological polar surface area (TPSA) is 110 Å². The van der Waals surface area contributed by atoms with Gasteiger partial charge in [0.15, 0.2) is 10.2 Å². The summed E-state index contributed by atoms with van der Waals surface area (Å²) in [6.45, 7) is 0.192. The standard InChI is InChI=1S/C33H27Cl2N7O2S2/c34-23-9-13-25(14-10-23)37-32(45)40-36-20-27(39-41-33(46)38-26-15-11-24(35)12-16-26)7-4-18-42-30(43)28-17-8-22(19-29(28)31(42)44)21-5-2-1-3-6-21/h1-3,5-6,8-17,19-20H,4,7,18H2,(H2,37,40,45)(H2,38,41,46)/b36-20+,39-27+. The second-order valence-electron chi connectivity index (χ2n) is 10.00. The molecule has 0 radical (unpaired) electrons. The maximum absolute atomic E-state index is 13.3. The van der Waals surface area contributed by atoms with Gasteiger partial charge in [0.1, 0.15) is 0 Å². The minimum atomic E-state index is -0.323. The van der Waals surface area contributed by atoms with Gasteiger partial charge in [-0.2, -0.15) is 10.2 Å². The molecule has 1 heterocycles. The van der Waals surface area contributed by atoms with Crippen LogP contribution >= 0.6 is 47.6 Å². The van der Waals surface area contributed by atoms with E-state index in [2.05, 4.69) is 31.7 Å². The predicted octanol–water partition coefficient (Wildman–Crippen LogP) is 7.35. The van der Waals surface area contributed by atoms with E-state index < -0.39 is 0 Å². The molecule has 5 rings (SSSR count). The van der Waals surface area contributed by atoms with Crippen molar-refractivity contribution < 1.29 is 9.59 Å². The van der Waals surface area contributed by atoms with Gasteiger partial charge >= 0.3 is 0 Å². The molecule has 0 fully saturated rings. The van der Waals surface area contributed by atoms with Gasteiger partial charge in [0.2, 0.25) is 0 Å². The van der Waals surface area contributed by atoms with Crippen LogP contribution in [0.4, 0.5) is 11.4 Å². The summed E-state index contributed by atoms with van der Waals surface area (Å²) in [5, 5.41) is 16.4. The van der Waals surface area contributed by atoms with Gasteiger partial charge in [-0.05, 0) is 109 Å². The van der Waals surface area contributed by atoms with Crippen molar-refractivity contribution in [2.45, 2.75) is 12.8 Å². The molecule has 9 nitrogen and oxygen atoms in total. The van der Waals surface area contributed by atoms with Gasteiger partial charge in [0, 0.05) is 28.0 Å². The molecule has 4 N–H and O–H groups in total. The summed E-state index contributed by atoms with van der Waals surface area (Å²) in [6, 6.07) is 29.1. The van der Waals surface area contributed by atoms with Crippen molar-refractivity contribution in [2.75, 3.05) is 17.2 Å². The number of carbonyl (C=O) groups excluding carboxylic acids is 2. The number of hydrogen-bond acceptors (Lipinski definition) is 6. The molecule has 4 aromatic rings. The van der Waals surface area contributed by atoms with Gasteiger partial charge in [-0.25, -0.2) is 0 Å². The monoisotopic (exact) mass is 687 g/mol. The third-order valence-corrected chi connectivity index (χ3v) is 7.67. The van der Waals surface area contributed by atoms with Crippen molar-refractivity contribution in [1.29, 1.82) is 0 Å². The Balaban J connectivity index is 1.22.